The number of hydrogen-bond acceptors (Lipinski definition) is 3. The van der Waals surface area contributed by atoms with E-state index < -0.39 is 0 Å². The third-order valence-electron chi connectivity index (χ3n) is 5.39. The van der Waals surface area contributed by atoms with Gasteiger partial charge in [0.2, 0.25) is 11.8 Å². The van der Waals surface area contributed by atoms with E-state index in [0.717, 1.165) is 38.9 Å². The summed E-state index contributed by atoms with van der Waals surface area (Å²) in [5.41, 5.74) is 0. The number of hydrogen-bond donors (Lipinski definition) is 1. The number of amides is 2. The minimum absolute atomic E-state index is 0.145. The van der Waals surface area contributed by atoms with Gasteiger partial charge >= 0.3 is 0 Å². The molecule has 1 N–H and O–H groups in total. The van der Waals surface area contributed by atoms with Crippen molar-refractivity contribution in [1.82, 2.24) is 15.1 Å². The van der Waals surface area contributed by atoms with E-state index in [1.165, 1.54) is 19.3 Å². The third kappa shape index (κ3) is 2.93. The van der Waals surface area contributed by atoms with Crippen LogP contribution >= 0.6 is 0 Å². The molecule has 2 amide bonds. The van der Waals surface area contributed by atoms with Gasteiger partial charge in [-0.05, 0) is 44.6 Å². The van der Waals surface area contributed by atoms with E-state index in [2.05, 4.69) is 12.2 Å². The van der Waals surface area contributed by atoms with Crippen molar-refractivity contribution < 1.29 is 9.59 Å². The van der Waals surface area contributed by atoms with Gasteiger partial charge in [-0.2, -0.15) is 0 Å². The second kappa shape index (κ2) is 6.34. The minimum atomic E-state index is -0.153. The molecule has 2 saturated heterocycles. The number of carbonyl (C=O) groups is 2. The molecule has 3 unspecified atom stereocenters. The van der Waals surface area contributed by atoms with Crippen LogP contribution in [0.25, 0.3) is 0 Å². The van der Waals surface area contributed by atoms with E-state index >= 15 is 0 Å². The topological polar surface area (TPSA) is 52.7 Å². The van der Waals surface area contributed by atoms with E-state index in [9.17, 15) is 9.59 Å². The van der Waals surface area contributed by atoms with Gasteiger partial charge in [0.1, 0.15) is 6.04 Å². The number of piperazine rings is 1. The highest BCUT2D eigenvalue weighted by atomic mass is 16.2. The summed E-state index contributed by atoms with van der Waals surface area (Å²) >= 11 is 0. The quantitative estimate of drug-likeness (QED) is 0.822. The standard InChI is InChI=1S/C16H27N3O2/c1-2-17-13-6-3-5-12(13)8-10-18-11-15(20)19-9-4-7-14(19)16(18)21/h12-14,17H,2-11H2,1H3. The fraction of sp³-hybridized carbons (Fsp3) is 0.875. The van der Waals surface area contributed by atoms with Crippen LogP contribution in [0.1, 0.15) is 45.4 Å². The first-order valence-electron chi connectivity index (χ1n) is 8.52. The predicted molar refractivity (Wildman–Crippen MR) is 80.7 cm³/mol. The minimum Gasteiger partial charge on any atom is -0.332 e. The maximum absolute atomic E-state index is 12.5. The Hall–Kier alpha value is -1.10. The Morgan fingerprint density at radius 2 is 2.05 bits per heavy atom. The van der Waals surface area contributed by atoms with Crippen molar-refractivity contribution in [2.45, 2.75) is 57.5 Å². The molecule has 1 saturated carbocycles. The van der Waals surface area contributed by atoms with Gasteiger partial charge < -0.3 is 15.1 Å². The van der Waals surface area contributed by atoms with Crippen molar-refractivity contribution >= 4 is 11.8 Å². The molecule has 118 valence electrons. The molecular weight excluding hydrogens is 266 g/mol. The highest BCUT2D eigenvalue weighted by Gasteiger charge is 2.42. The third-order valence-corrected chi connectivity index (χ3v) is 5.39. The van der Waals surface area contributed by atoms with Crippen LogP contribution in [0, 0.1) is 5.92 Å². The molecule has 0 radical (unpaired) electrons. The Morgan fingerprint density at radius 3 is 2.86 bits per heavy atom. The number of nitrogens with zero attached hydrogens (tertiary/aromatic N) is 2. The van der Waals surface area contributed by atoms with E-state index in [1.54, 1.807) is 4.90 Å². The van der Waals surface area contributed by atoms with Gasteiger partial charge in [0.15, 0.2) is 0 Å². The monoisotopic (exact) mass is 293 g/mol. The lowest BCUT2D eigenvalue weighted by Gasteiger charge is -2.37. The zero-order chi connectivity index (χ0) is 14.8. The molecule has 3 fully saturated rings. The van der Waals surface area contributed by atoms with Crippen LogP contribution in [0.3, 0.4) is 0 Å². The normalized spacial score (nSPS) is 32.9. The van der Waals surface area contributed by atoms with Gasteiger partial charge in [-0.25, -0.2) is 0 Å². The summed E-state index contributed by atoms with van der Waals surface area (Å²) in [6.45, 7) is 4.99. The van der Waals surface area contributed by atoms with Gasteiger partial charge in [0.25, 0.3) is 0 Å². The second-order valence-corrected chi connectivity index (χ2v) is 6.65. The maximum Gasteiger partial charge on any atom is 0.245 e. The molecule has 21 heavy (non-hydrogen) atoms. The molecular formula is C16H27N3O2. The first-order valence-corrected chi connectivity index (χ1v) is 8.52. The van der Waals surface area contributed by atoms with Crippen molar-refractivity contribution in [3.05, 3.63) is 0 Å². The molecule has 0 spiro atoms. The molecule has 5 nitrogen and oxygen atoms in total. The molecule has 3 rings (SSSR count). The lowest BCUT2D eigenvalue weighted by Crippen LogP contribution is -2.57. The van der Waals surface area contributed by atoms with Gasteiger partial charge in [-0.1, -0.05) is 13.3 Å². The molecule has 3 aliphatic rings. The Morgan fingerprint density at radius 1 is 1.19 bits per heavy atom. The van der Waals surface area contributed by atoms with Crippen molar-refractivity contribution in [2.75, 3.05) is 26.2 Å². The van der Waals surface area contributed by atoms with Crippen LogP contribution in [-0.2, 0) is 9.59 Å². The SMILES string of the molecule is CCNC1CCCC1CCN1CC(=O)N2CCCC2C1=O. The van der Waals surface area contributed by atoms with Crippen molar-refractivity contribution in [1.29, 1.82) is 0 Å². The first kappa shape index (κ1) is 14.8. The van der Waals surface area contributed by atoms with Gasteiger partial charge in [-0.3, -0.25) is 9.59 Å². The molecule has 0 aromatic rings. The summed E-state index contributed by atoms with van der Waals surface area (Å²) in [5.74, 6) is 0.992. The molecule has 2 heterocycles. The average Bonchev–Trinajstić information content (AvgIpc) is 3.11. The summed E-state index contributed by atoms with van der Waals surface area (Å²) in [6.07, 6.45) is 6.64. The second-order valence-electron chi connectivity index (χ2n) is 6.65. The van der Waals surface area contributed by atoms with Crippen molar-refractivity contribution in [3.8, 4) is 0 Å². The van der Waals surface area contributed by atoms with Crippen LogP contribution in [0.2, 0.25) is 0 Å². The molecule has 3 atom stereocenters. The van der Waals surface area contributed by atoms with E-state index in [-0.39, 0.29) is 17.9 Å². The zero-order valence-corrected chi connectivity index (χ0v) is 13.0. The largest absolute Gasteiger partial charge is 0.332 e. The van der Waals surface area contributed by atoms with Crippen LogP contribution < -0.4 is 5.32 Å². The number of nitrogens with one attached hydrogen (secondary N) is 1. The van der Waals surface area contributed by atoms with Crippen LogP contribution in [-0.4, -0.2) is 59.9 Å². The summed E-state index contributed by atoms with van der Waals surface area (Å²) in [5, 5.41) is 3.56. The number of fused-ring (bicyclic) bond motifs is 1. The molecule has 0 bridgehead atoms. The molecule has 0 aromatic carbocycles. The van der Waals surface area contributed by atoms with Gasteiger partial charge in [0, 0.05) is 19.1 Å². The maximum atomic E-state index is 12.5. The summed E-state index contributed by atoms with van der Waals surface area (Å²) in [4.78, 5) is 28.2. The van der Waals surface area contributed by atoms with Crippen molar-refractivity contribution in [2.24, 2.45) is 5.92 Å². The average molecular weight is 293 g/mol. The van der Waals surface area contributed by atoms with Crippen LogP contribution in [0.4, 0.5) is 0 Å². The smallest absolute Gasteiger partial charge is 0.245 e. The molecule has 1 aliphatic carbocycles. The van der Waals surface area contributed by atoms with E-state index in [1.807, 2.05) is 4.90 Å². The fourth-order valence-corrected chi connectivity index (χ4v) is 4.29. The molecule has 5 heteroatoms. The summed E-state index contributed by atoms with van der Waals surface area (Å²) < 4.78 is 0. The molecule has 0 aromatic heterocycles. The Balaban J connectivity index is 1.55. The fourth-order valence-electron chi connectivity index (χ4n) is 4.29. The Bertz CT molecular complexity index is 412. The van der Waals surface area contributed by atoms with Crippen LogP contribution in [0.5, 0.6) is 0 Å². The first-order chi connectivity index (χ1) is 10.2. The van der Waals surface area contributed by atoms with Crippen molar-refractivity contribution in [3.63, 3.8) is 0 Å². The zero-order valence-electron chi connectivity index (χ0n) is 13.0. The highest BCUT2D eigenvalue weighted by Crippen LogP contribution is 2.30. The van der Waals surface area contributed by atoms with Gasteiger partial charge in [-0.15, -0.1) is 0 Å². The summed E-state index contributed by atoms with van der Waals surface area (Å²) in [7, 11) is 0. The number of rotatable bonds is 5. The lowest BCUT2D eigenvalue weighted by atomic mass is 9.98. The molecule has 2 aliphatic heterocycles. The predicted octanol–water partition coefficient (Wildman–Crippen LogP) is 0.988. The summed E-state index contributed by atoms with van der Waals surface area (Å²) in [6, 6.07) is 0.452. The number of carbonyl (C=O) groups excluding carboxylic acids is 2. The lowest BCUT2D eigenvalue weighted by molar-refractivity contribution is -0.153. The Labute approximate surface area is 127 Å². The van der Waals surface area contributed by atoms with Gasteiger partial charge in [0.05, 0.1) is 6.54 Å². The van der Waals surface area contributed by atoms with E-state index in [0.29, 0.717) is 18.5 Å². The van der Waals surface area contributed by atoms with Crippen LogP contribution in [0.15, 0.2) is 0 Å². The highest BCUT2D eigenvalue weighted by molar-refractivity contribution is 5.95. The Kier molecular flexibility index (Phi) is 4.48. The van der Waals surface area contributed by atoms with E-state index in [4.69, 9.17) is 0 Å².